The molecule has 9 nitrogen and oxygen atoms in total. The average Bonchev–Trinajstić information content (AvgIpc) is 3.50. The van der Waals surface area contributed by atoms with Gasteiger partial charge in [-0.2, -0.15) is 4.98 Å². The summed E-state index contributed by atoms with van der Waals surface area (Å²) >= 11 is 0. The normalized spacial score (nSPS) is 12.0. The molecule has 0 radical (unpaired) electrons. The highest BCUT2D eigenvalue weighted by atomic mass is 16.7. The molecule has 2 aromatic carbocycles. The first-order valence-corrected chi connectivity index (χ1v) is 9.16. The van der Waals surface area contributed by atoms with Gasteiger partial charge in [0.2, 0.25) is 18.5 Å². The van der Waals surface area contributed by atoms with Crippen LogP contribution in [0.4, 0.5) is 16.2 Å². The van der Waals surface area contributed by atoms with Crippen molar-refractivity contribution in [1.29, 1.82) is 0 Å². The Morgan fingerprint density at radius 1 is 1.00 bits per heavy atom. The Balaban J connectivity index is 1.28. The molecule has 2 N–H and O–H groups in total. The van der Waals surface area contributed by atoms with Gasteiger partial charge in [-0.05, 0) is 35.9 Å². The van der Waals surface area contributed by atoms with Crippen LogP contribution in [0.2, 0.25) is 0 Å². The van der Waals surface area contributed by atoms with Gasteiger partial charge in [0, 0.05) is 17.4 Å². The number of carbonyl (C=O) groups is 1. The van der Waals surface area contributed by atoms with E-state index in [0.717, 1.165) is 5.56 Å². The molecule has 1 aliphatic heterocycles. The summed E-state index contributed by atoms with van der Waals surface area (Å²) in [7, 11) is 0. The minimum atomic E-state index is -0.386. The lowest BCUT2D eigenvalue weighted by atomic mass is 10.1. The van der Waals surface area contributed by atoms with Gasteiger partial charge in [0.1, 0.15) is 0 Å². The van der Waals surface area contributed by atoms with Crippen LogP contribution in [0.5, 0.6) is 11.5 Å². The van der Waals surface area contributed by atoms with Crippen molar-refractivity contribution >= 4 is 17.4 Å². The van der Waals surface area contributed by atoms with E-state index in [0.29, 0.717) is 46.8 Å². The van der Waals surface area contributed by atoms with Gasteiger partial charge in [0.15, 0.2) is 17.3 Å². The number of fused-ring (bicyclic) bond motifs is 1. The highest BCUT2D eigenvalue weighted by Crippen LogP contribution is 2.34. The zero-order valence-corrected chi connectivity index (χ0v) is 15.6. The van der Waals surface area contributed by atoms with Crippen LogP contribution in [0, 0.1) is 0 Å². The maximum Gasteiger partial charge on any atom is 0.323 e. The molecule has 0 bridgehead atoms. The molecule has 0 saturated heterocycles. The number of urea groups is 1. The van der Waals surface area contributed by atoms with Crippen LogP contribution in [-0.4, -0.2) is 23.0 Å². The maximum atomic E-state index is 12.5. The monoisotopic (exact) mass is 404 g/mol. The largest absolute Gasteiger partial charge is 0.461 e. The van der Waals surface area contributed by atoms with Gasteiger partial charge in [-0.1, -0.05) is 23.4 Å². The van der Waals surface area contributed by atoms with E-state index in [1.165, 1.54) is 0 Å². The van der Waals surface area contributed by atoms with E-state index in [9.17, 15) is 4.79 Å². The zero-order valence-electron chi connectivity index (χ0n) is 15.6. The number of carbonyl (C=O) groups excluding carboxylic acids is 1. The number of anilines is 2. The highest BCUT2D eigenvalue weighted by molar-refractivity contribution is 6.00. The number of amides is 2. The summed E-state index contributed by atoms with van der Waals surface area (Å²) in [4.78, 5) is 16.8. The fourth-order valence-electron chi connectivity index (χ4n) is 3.05. The number of benzene rings is 2. The van der Waals surface area contributed by atoms with Crippen LogP contribution in [0.3, 0.4) is 0 Å². The number of hydrogen-bond donors (Lipinski definition) is 2. The Labute approximate surface area is 170 Å². The van der Waals surface area contributed by atoms with Crippen LogP contribution < -0.4 is 20.1 Å². The molecule has 3 heterocycles. The van der Waals surface area contributed by atoms with Crippen molar-refractivity contribution in [3.63, 3.8) is 0 Å². The molecule has 0 atom stereocenters. The van der Waals surface area contributed by atoms with Crippen molar-refractivity contribution in [2.24, 2.45) is 0 Å². The van der Waals surface area contributed by atoms with Gasteiger partial charge in [-0.25, -0.2) is 4.79 Å². The number of aromatic nitrogens is 2. The van der Waals surface area contributed by atoms with Crippen molar-refractivity contribution in [3.05, 3.63) is 72.3 Å². The lowest BCUT2D eigenvalue weighted by Crippen LogP contribution is -2.20. The molecular formula is C21H16N4O5. The Bertz CT molecular complexity index is 1190. The molecular weight excluding hydrogens is 388 g/mol. The van der Waals surface area contributed by atoms with E-state index < -0.39 is 0 Å². The molecule has 5 rings (SSSR count). The van der Waals surface area contributed by atoms with E-state index in [1.807, 2.05) is 18.2 Å². The lowest BCUT2D eigenvalue weighted by molar-refractivity contribution is 0.174. The molecule has 1 aliphatic rings. The molecule has 0 saturated carbocycles. The van der Waals surface area contributed by atoms with E-state index in [2.05, 4.69) is 20.8 Å². The second-order valence-electron chi connectivity index (χ2n) is 6.47. The number of furan rings is 1. The second kappa shape index (κ2) is 7.63. The Kier molecular flexibility index (Phi) is 4.53. The minimum Gasteiger partial charge on any atom is -0.461 e. The van der Waals surface area contributed by atoms with Crippen molar-refractivity contribution in [2.75, 3.05) is 17.4 Å². The quantitative estimate of drug-likeness (QED) is 0.510. The van der Waals surface area contributed by atoms with Crippen LogP contribution >= 0.6 is 0 Å². The lowest BCUT2D eigenvalue weighted by Gasteiger charge is -2.11. The van der Waals surface area contributed by atoms with Crippen LogP contribution in [0.1, 0.15) is 11.5 Å². The summed E-state index contributed by atoms with van der Waals surface area (Å²) in [6.45, 7) is 0.176. The maximum absolute atomic E-state index is 12.5. The molecule has 2 aromatic heterocycles. The van der Waals surface area contributed by atoms with Crippen molar-refractivity contribution in [2.45, 2.75) is 6.42 Å². The topological polar surface area (TPSA) is 112 Å². The molecule has 0 aliphatic carbocycles. The van der Waals surface area contributed by atoms with Gasteiger partial charge in [-0.3, -0.25) is 0 Å². The summed E-state index contributed by atoms with van der Waals surface area (Å²) in [5, 5.41) is 9.56. The molecule has 0 unspecified atom stereocenters. The standard InChI is InChI=1S/C21H16N4O5/c26-21(22-14-7-8-16-18(11-14)29-12-28-16)23-15-5-2-1-4-13(15)10-19-24-20(25-30-19)17-6-3-9-27-17/h1-9,11H,10,12H2,(H2,22,23,26). The predicted octanol–water partition coefficient (Wildman–Crippen LogP) is 4.29. The Morgan fingerprint density at radius 2 is 1.90 bits per heavy atom. The fraction of sp³-hybridized carbons (Fsp3) is 0.0952. The SMILES string of the molecule is O=C(Nc1ccc2c(c1)OCO2)Nc1ccccc1Cc1nc(-c2ccco2)no1. The fourth-order valence-corrected chi connectivity index (χ4v) is 3.05. The third-order valence-corrected chi connectivity index (χ3v) is 4.45. The third kappa shape index (κ3) is 3.68. The predicted molar refractivity (Wildman–Crippen MR) is 106 cm³/mol. The third-order valence-electron chi connectivity index (χ3n) is 4.45. The first-order valence-electron chi connectivity index (χ1n) is 9.16. The molecule has 4 aromatic rings. The number of nitrogens with one attached hydrogen (secondary N) is 2. The molecule has 150 valence electrons. The minimum absolute atomic E-state index is 0.176. The van der Waals surface area contributed by atoms with Crippen LogP contribution in [-0.2, 0) is 6.42 Å². The Hall–Kier alpha value is -4.27. The van der Waals surface area contributed by atoms with Gasteiger partial charge in [0.25, 0.3) is 0 Å². The second-order valence-corrected chi connectivity index (χ2v) is 6.47. The van der Waals surface area contributed by atoms with Crippen molar-refractivity contribution in [3.8, 4) is 23.1 Å². The van der Waals surface area contributed by atoms with E-state index in [-0.39, 0.29) is 12.8 Å². The molecule has 0 fully saturated rings. The number of hydrogen-bond acceptors (Lipinski definition) is 7. The number of para-hydroxylation sites is 1. The zero-order chi connectivity index (χ0) is 20.3. The first kappa shape index (κ1) is 17.8. The van der Waals surface area contributed by atoms with E-state index in [4.69, 9.17) is 18.4 Å². The number of rotatable bonds is 5. The smallest absolute Gasteiger partial charge is 0.323 e. The molecule has 9 heteroatoms. The van der Waals surface area contributed by atoms with Gasteiger partial charge in [-0.15, -0.1) is 0 Å². The summed E-state index contributed by atoms with van der Waals surface area (Å²) in [5.41, 5.74) is 2.05. The van der Waals surface area contributed by atoms with Gasteiger partial charge < -0.3 is 29.0 Å². The molecule has 30 heavy (non-hydrogen) atoms. The summed E-state index contributed by atoms with van der Waals surface area (Å²) in [6.07, 6.45) is 1.90. The first-order chi connectivity index (χ1) is 14.7. The highest BCUT2D eigenvalue weighted by Gasteiger charge is 2.16. The van der Waals surface area contributed by atoms with Crippen molar-refractivity contribution in [1.82, 2.24) is 10.1 Å². The van der Waals surface area contributed by atoms with E-state index >= 15 is 0 Å². The number of ether oxygens (including phenoxy) is 2. The summed E-state index contributed by atoms with van der Waals surface area (Å²) in [5.74, 6) is 2.56. The van der Waals surface area contributed by atoms with E-state index in [1.54, 1.807) is 42.7 Å². The summed E-state index contributed by atoms with van der Waals surface area (Å²) < 4.78 is 21.2. The van der Waals surface area contributed by atoms with Crippen LogP contribution in [0.15, 0.2) is 69.8 Å². The average molecular weight is 404 g/mol. The molecule has 0 spiro atoms. The number of nitrogens with zero attached hydrogens (tertiary/aromatic N) is 2. The molecule has 2 amide bonds. The summed E-state index contributed by atoms with van der Waals surface area (Å²) in [6, 6.07) is 15.7. The van der Waals surface area contributed by atoms with Crippen molar-refractivity contribution < 1.29 is 23.2 Å². The van der Waals surface area contributed by atoms with Gasteiger partial charge in [0.05, 0.1) is 12.7 Å². The Morgan fingerprint density at radius 3 is 2.80 bits per heavy atom. The van der Waals surface area contributed by atoms with Gasteiger partial charge >= 0.3 is 6.03 Å². The van der Waals surface area contributed by atoms with Crippen LogP contribution in [0.25, 0.3) is 11.6 Å².